The number of hydrogen-bond acceptors (Lipinski definition) is 0. The van der Waals surface area contributed by atoms with E-state index in [-0.39, 0.29) is 0 Å². The summed E-state index contributed by atoms with van der Waals surface area (Å²) in [7, 11) is 0. The first-order valence-electron chi connectivity index (χ1n) is 14.8. The third-order valence-corrected chi connectivity index (χ3v) is 7.37. The van der Waals surface area contributed by atoms with E-state index in [0.29, 0.717) is 12.0 Å². The summed E-state index contributed by atoms with van der Waals surface area (Å²) in [4.78, 5) is 3.65. The van der Waals surface area contributed by atoms with E-state index in [4.69, 9.17) is 0 Å². The molecule has 1 heterocycles. The fourth-order valence-electron chi connectivity index (χ4n) is 5.27. The summed E-state index contributed by atoms with van der Waals surface area (Å²) in [6, 6.07) is 0.617. The largest absolute Gasteiger partial charge is 0.257 e. The summed E-state index contributed by atoms with van der Waals surface area (Å²) in [6.07, 6.45) is 34.0. The fraction of sp³-hybridized carbons (Fsp3) is 0.900. The number of aromatic nitrogens is 2. The number of aromatic amines is 1. The molecule has 0 aliphatic heterocycles. The molecule has 0 saturated carbocycles. The number of unbranched alkanes of at least 4 members (excludes halogenated alkanes) is 15. The second kappa shape index (κ2) is 20.8. The highest BCUT2D eigenvalue weighted by Gasteiger charge is 2.25. The Morgan fingerprint density at radius 1 is 0.594 bits per heavy atom. The molecule has 2 heteroatoms. The van der Waals surface area contributed by atoms with Crippen molar-refractivity contribution in [3.8, 4) is 0 Å². The number of rotatable bonds is 23. The highest BCUT2D eigenvalue weighted by Crippen LogP contribution is 2.27. The first kappa shape index (κ1) is 29.2. The van der Waals surface area contributed by atoms with Gasteiger partial charge in [0.1, 0.15) is 12.4 Å². The predicted molar refractivity (Wildman–Crippen MR) is 142 cm³/mol. The van der Waals surface area contributed by atoms with Crippen LogP contribution in [0.2, 0.25) is 0 Å². The molecule has 0 aliphatic rings. The average molecular weight is 448 g/mol. The van der Waals surface area contributed by atoms with Gasteiger partial charge < -0.3 is 0 Å². The monoisotopic (exact) mass is 447 g/mol. The van der Waals surface area contributed by atoms with Crippen molar-refractivity contribution in [2.45, 2.75) is 174 Å². The van der Waals surface area contributed by atoms with Gasteiger partial charge in [-0.2, -0.15) is 0 Å². The zero-order chi connectivity index (χ0) is 23.3. The summed E-state index contributed by atoms with van der Waals surface area (Å²) < 4.78 is 2.55. The van der Waals surface area contributed by atoms with Crippen LogP contribution < -0.4 is 4.57 Å². The maximum atomic E-state index is 3.65. The van der Waals surface area contributed by atoms with Crippen molar-refractivity contribution in [1.82, 2.24) is 4.98 Å². The second-order valence-electron chi connectivity index (χ2n) is 10.5. The number of nitrogens with one attached hydrogen (secondary N) is 1. The van der Waals surface area contributed by atoms with Crippen LogP contribution in [0.5, 0.6) is 0 Å². The van der Waals surface area contributed by atoms with Crippen LogP contribution in [0.25, 0.3) is 0 Å². The lowest BCUT2D eigenvalue weighted by Crippen LogP contribution is -2.41. The Labute approximate surface area is 202 Å². The van der Waals surface area contributed by atoms with Crippen LogP contribution in [-0.2, 0) is 0 Å². The molecule has 2 atom stereocenters. The normalized spacial score (nSPS) is 13.5. The molecular weight excluding hydrogens is 388 g/mol. The summed E-state index contributed by atoms with van der Waals surface area (Å²) in [5, 5.41) is 0. The topological polar surface area (TPSA) is 19.7 Å². The van der Waals surface area contributed by atoms with Gasteiger partial charge in [0.05, 0.1) is 12.0 Å². The fourth-order valence-corrected chi connectivity index (χ4v) is 5.27. The Bertz CT molecular complexity index is 507. The van der Waals surface area contributed by atoms with Crippen molar-refractivity contribution in [3.05, 3.63) is 18.2 Å². The van der Waals surface area contributed by atoms with Gasteiger partial charge in [-0.15, -0.1) is 0 Å². The van der Waals surface area contributed by atoms with Gasteiger partial charge >= 0.3 is 0 Å². The average Bonchev–Trinajstić information content (AvgIpc) is 3.28. The zero-order valence-corrected chi connectivity index (χ0v) is 22.6. The number of imidazole rings is 1. The molecule has 0 fully saturated rings. The molecule has 0 bridgehead atoms. The third kappa shape index (κ3) is 13.7. The molecule has 32 heavy (non-hydrogen) atoms. The van der Waals surface area contributed by atoms with Crippen molar-refractivity contribution in [3.63, 3.8) is 0 Å². The van der Waals surface area contributed by atoms with E-state index in [1.165, 1.54) is 141 Å². The summed E-state index contributed by atoms with van der Waals surface area (Å²) in [5.74, 6) is 2.22. The molecule has 188 valence electrons. The van der Waals surface area contributed by atoms with Crippen molar-refractivity contribution in [2.75, 3.05) is 0 Å². The van der Waals surface area contributed by atoms with E-state index in [1.807, 2.05) is 0 Å². The molecule has 1 aromatic rings. The molecule has 0 saturated heterocycles. The van der Waals surface area contributed by atoms with E-state index in [0.717, 1.165) is 0 Å². The molecule has 0 aliphatic carbocycles. The van der Waals surface area contributed by atoms with Gasteiger partial charge in [-0.25, -0.2) is 9.55 Å². The van der Waals surface area contributed by atoms with Crippen molar-refractivity contribution in [1.29, 1.82) is 0 Å². The maximum absolute atomic E-state index is 3.65. The van der Waals surface area contributed by atoms with Gasteiger partial charge in [0.25, 0.3) is 5.82 Å². The number of hydrogen-bond donors (Lipinski definition) is 1. The standard InChI is InChI=1S/C30H58N2/c1-5-8-10-12-13-14-15-16-17-18-19-20-22-25-29(24-21-11-9-6-2)30-31-26-27-32(30)28(4)23-7-3/h26-29H,5-25H2,1-4H3/p+1. The predicted octanol–water partition coefficient (Wildman–Crippen LogP) is 10.2. The van der Waals surface area contributed by atoms with Crippen LogP contribution in [0, 0.1) is 0 Å². The molecule has 2 nitrogen and oxygen atoms in total. The minimum atomic E-state index is 0.617. The Morgan fingerprint density at radius 3 is 1.50 bits per heavy atom. The summed E-state index contributed by atoms with van der Waals surface area (Å²) in [6.45, 7) is 9.31. The minimum Gasteiger partial charge on any atom is -0.247 e. The quantitative estimate of drug-likeness (QED) is 0.127. The Hall–Kier alpha value is -0.790. The number of H-pyrrole nitrogens is 1. The van der Waals surface area contributed by atoms with Crippen LogP contribution in [0.15, 0.2) is 12.4 Å². The smallest absolute Gasteiger partial charge is 0.247 e. The van der Waals surface area contributed by atoms with Gasteiger partial charge in [-0.05, 0) is 26.2 Å². The number of nitrogens with zero attached hydrogens (tertiary/aromatic N) is 1. The Morgan fingerprint density at radius 2 is 1.03 bits per heavy atom. The molecule has 1 rings (SSSR count). The summed E-state index contributed by atoms with van der Waals surface area (Å²) in [5.41, 5.74) is 0. The molecule has 1 aromatic heterocycles. The highest BCUT2D eigenvalue weighted by atomic mass is 15.1. The lowest BCUT2D eigenvalue weighted by molar-refractivity contribution is -0.727. The van der Waals surface area contributed by atoms with E-state index >= 15 is 0 Å². The van der Waals surface area contributed by atoms with Crippen LogP contribution in [0.1, 0.15) is 180 Å². The minimum absolute atomic E-state index is 0.617. The SMILES string of the molecule is CCCCCCCCCCCCCCCC(CCCCCC)c1[nH]cc[n+]1C(C)CCC. The first-order valence-corrected chi connectivity index (χ1v) is 14.8. The van der Waals surface area contributed by atoms with Crippen molar-refractivity contribution < 1.29 is 4.57 Å². The molecule has 2 unspecified atom stereocenters. The summed E-state index contributed by atoms with van der Waals surface area (Å²) >= 11 is 0. The van der Waals surface area contributed by atoms with E-state index in [2.05, 4.69) is 49.6 Å². The molecule has 0 amide bonds. The molecular formula is C30H59N2+. The van der Waals surface area contributed by atoms with Crippen LogP contribution in [0.3, 0.4) is 0 Å². The van der Waals surface area contributed by atoms with Crippen molar-refractivity contribution >= 4 is 0 Å². The van der Waals surface area contributed by atoms with Gasteiger partial charge in [-0.3, -0.25) is 0 Å². The van der Waals surface area contributed by atoms with Gasteiger partial charge in [0.2, 0.25) is 0 Å². The zero-order valence-electron chi connectivity index (χ0n) is 22.6. The Balaban J connectivity index is 2.26. The highest BCUT2D eigenvalue weighted by molar-refractivity contribution is 4.90. The van der Waals surface area contributed by atoms with Gasteiger partial charge in [0, 0.05) is 0 Å². The third-order valence-electron chi connectivity index (χ3n) is 7.37. The molecule has 0 radical (unpaired) electrons. The molecule has 0 spiro atoms. The van der Waals surface area contributed by atoms with E-state index < -0.39 is 0 Å². The molecule has 0 aromatic carbocycles. The van der Waals surface area contributed by atoms with Crippen molar-refractivity contribution in [2.24, 2.45) is 0 Å². The molecule has 1 N–H and O–H groups in total. The maximum Gasteiger partial charge on any atom is 0.257 e. The first-order chi connectivity index (χ1) is 15.7. The van der Waals surface area contributed by atoms with Crippen LogP contribution in [-0.4, -0.2) is 4.98 Å². The Kier molecular flexibility index (Phi) is 19.0. The van der Waals surface area contributed by atoms with E-state index in [1.54, 1.807) is 0 Å². The van der Waals surface area contributed by atoms with Gasteiger partial charge in [0.15, 0.2) is 0 Å². The van der Waals surface area contributed by atoms with E-state index in [9.17, 15) is 0 Å². The lowest BCUT2D eigenvalue weighted by Gasteiger charge is -2.17. The van der Waals surface area contributed by atoms with Crippen LogP contribution >= 0.6 is 0 Å². The second-order valence-corrected chi connectivity index (χ2v) is 10.5. The van der Waals surface area contributed by atoms with Crippen LogP contribution in [0.4, 0.5) is 0 Å². The van der Waals surface area contributed by atoms with Gasteiger partial charge in [-0.1, -0.05) is 136 Å². The lowest BCUT2D eigenvalue weighted by atomic mass is 9.93.